The fraction of sp³-hybridized carbons (Fsp3) is 0.556. The summed E-state index contributed by atoms with van der Waals surface area (Å²) in [4.78, 5) is 29.9. The van der Waals surface area contributed by atoms with E-state index in [1.807, 2.05) is 16.4 Å². The fourth-order valence-corrected chi connectivity index (χ4v) is 6.17. The molecule has 1 aromatic carbocycles. The molecule has 2 amide bonds. The van der Waals surface area contributed by atoms with E-state index in [-0.39, 0.29) is 22.5 Å². The highest BCUT2D eigenvalue weighted by molar-refractivity contribution is 5.78. The van der Waals surface area contributed by atoms with E-state index in [1.165, 1.54) is 5.56 Å². The van der Waals surface area contributed by atoms with Gasteiger partial charge in [0.1, 0.15) is 0 Å². The number of piperidine rings is 1. The number of carbonyl (C=O) groups is 1. The third kappa shape index (κ3) is 4.22. The van der Waals surface area contributed by atoms with Crippen LogP contribution in [-0.4, -0.2) is 60.3 Å². The summed E-state index contributed by atoms with van der Waals surface area (Å²) < 4.78 is 1.81. The largest absolute Gasteiger partial charge is 0.370 e. The van der Waals surface area contributed by atoms with Crippen molar-refractivity contribution in [1.29, 1.82) is 0 Å². The first-order chi connectivity index (χ1) is 16.4. The number of hydrogen-bond donors (Lipinski definition) is 2. The number of carbonyl (C=O) groups excluding carboxylic acids is 1. The molecule has 34 heavy (non-hydrogen) atoms. The van der Waals surface area contributed by atoms with Crippen LogP contribution in [0.5, 0.6) is 0 Å². The van der Waals surface area contributed by atoms with E-state index >= 15 is 0 Å². The van der Waals surface area contributed by atoms with Crippen LogP contribution in [0.15, 0.2) is 47.3 Å². The summed E-state index contributed by atoms with van der Waals surface area (Å²) in [5.41, 5.74) is 3.40. The third-order valence-corrected chi connectivity index (χ3v) is 8.41. The van der Waals surface area contributed by atoms with Crippen molar-refractivity contribution >= 4 is 11.7 Å². The molecular formula is C27H37N5O2. The first-order valence-corrected chi connectivity index (χ1v) is 12.7. The second-order valence-corrected chi connectivity index (χ2v) is 10.4. The van der Waals surface area contributed by atoms with Gasteiger partial charge in [0.2, 0.25) is 0 Å². The number of aryl methyl sites for hydroxylation is 1. The first kappa shape index (κ1) is 23.0. The van der Waals surface area contributed by atoms with Crippen molar-refractivity contribution < 1.29 is 4.79 Å². The zero-order valence-electron chi connectivity index (χ0n) is 20.5. The standard InChI is InChI=1S/C27H37N5O2/c1-3-26(22-7-5-4-6-8-22)11-14-30(19-26)23-17-21(2)32(24(33)18-23)16-15-31-20-27(29-25(31)34)9-12-28-13-10-27/h4-8,17-18,28H,3,9-16,19-20H2,1-2H3,(H,29,34). The van der Waals surface area contributed by atoms with Crippen molar-refractivity contribution in [3.63, 3.8) is 0 Å². The van der Waals surface area contributed by atoms with Crippen molar-refractivity contribution in [3.05, 3.63) is 64.1 Å². The lowest BCUT2D eigenvalue weighted by Crippen LogP contribution is -2.51. The maximum atomic E-state index is 13.1. The maximum Gasteiger partial charge on any atom is 0.318 e. The van der Waals surface area contributed by atoms with Gasteiger partial charge in [-0.1, -0.05) is 37.3 Å². The summed E-state index contributed by atoms with van der Waals surface area (Å²) in [5, 5.41) is 6.58. The minimum absolute atomic E-state index is 0.00175. The number of pyridine rings is 1. The Bertz CT molecular complexity index is 1090. The van der Waals surface area contributed by atoms with Crippen molar-refractivity contribution in [2.45, 2.75) is 57.0 Å². The number of amides is 2. The number of urea groups is 1. The maximum absolute atomic E-state index is 13.1. The molecule has 7 nitrogen and oxygen atoms in total. The average Bonchev–Trinajstić information content (AvgIpc) is 3.42. The smallest absolute Gasteiger partial charge is 0.318 e. The average molecular weight is 464 g/mol. The van der Waals surface area contributed by atoms with Crippen LogP contribution in [0.4, 0.5) is 10.5 Å². The summed E-state index contributed by atoms with van der Waals surface area (Å²) in [6.07, 6.45) is 4.10. The van der Waals surface area contributed by atoms with Crippen LogP contribution in [0.1, 0.15) is 43.9 Å². The number of anilines is 1. The van der Waals surface area contributed by atoms with Gasteiger partial charge in [-0.2, -0.15) is 0 Å². The van der Waals surface area contributed by atoms with Crippen LogP contribution in [0.25, 0.3) is 0 Å². The van der Waals surface area contributed by atoms with Crippen LogP contribution in [0.2, 0.25) is 0 Å². The van der Waals surface area contributed by atoms with Gasteiger partial charge in [0.15, 0.2) is 0 Å². The highest BCUT2D eigenvalue weighted by Crippen LogP contribution is 2.39. The summed E-state index contributed by atoms with van der Waals surface area (Å²) in [6.45, 7) is 9.84. The molecule has 3 fully saturated rings. The highest BCUT2D eigenvalue weighted by Gasteiger charge is 2.43. The fourth-order valence-electron chi connectivity index (χ4n) is 6.17. The molecule has 0 aliphatic carbocycles. The summed E-state index contributed by atoms with van der Waals surface area (Å²) >= 11 is 0. The van der Waals surface area contributed by atoms with Gasteiger partial charge >= 0.3 is 6.03 Å². The predicted octanol–water partition coefficient (Wildman–Crippen LogP) is 2.86. The summed E-state index contributed by atoms with van der Waals surface area (Å²) in [5.74, 6) is 0. The number of benzene rings is 1. The van der Waals surface area contributed by atoms with E-state index in [0.29, 0.717) is 13.1 Å². The normalized spacial score (nSPS) is 24.1. The molecule has 0 saturated carbocycles. The first-order valence-electron chi connectivity index (χ1n) is 12.7. The van der Waals surface area contributed by atoms with Gasteiger partial charge in [-0.3, -0.25) is 4.79 Å². The van der Waals surface area contributed by atoms with Gasteiger partial charge in [0.25, 0.3) is 5.56 Å². The topological polar surface area (TPSA) is 69.6 Å². The van der Waals surface area contributed by atoms with E-state index in [0.717, 1.165) is 69.8 Å². The van der Waals surface area contributed by atoms with E-state index in [1.54, 1.807) is 6.07 Å². The second kappa shape index (κ2) is 9.10. The quantitative estimate of drug-likeness (QED) is 0.691. The molecule has 1 aromatic heterocycles. The molecule has 1 spiro atoms. The van der Waals surface area contributed by atoms with Crippen LogP contribution in [-0.2, 0) is 12.0 Å². The van der Waals surface area contributed by atoms with Crippen molar-refractivity contribution in [1.82, 2.24) is 20.1 Å². The minimum Gasteiger partial charge on any atom is -0.370 e. The van der Waals surface area contributed by atoms with Gasteiger partial charge in [0, 0.05) is 55.6 Å². The lowest BCUT2D eigenvalue weighted by atomic mass is 9.77. The molecule has 4 heterocycles. The van der Waals surface area contributed by atoms with E-state index in [9.17, 15) is 9.59 Å². The Morgan fingerprint density at radius 3 is 2.44 bits per heavy atom. The molecule has 0 radical (unpaired) electrons. The molecule has 2 aromatic rings. The van der Waals surface area contributed by atoms with Crippen molar-refractivity contribution in [2.24, 2.45) is 0 Å². The molecular weight excluding hydrogens is 426 g/mol. The predicted molar refractivity (Wildman–Crippen MR) is 136 cm³/mol. The second-order valence-electron chi connectivity index (χ2n) is 10.4. The van der Waals surface area contributed by atoms with Crippen LogP contribution in [0, 0.1) is 6.92 Å². The lowest BCUT2D eigenvalue weighted by molar-refractivity contribution is 0.214. The van der Waals surface area contributed by atoms with Gasteiger partial charge in [-0.05, 0) is 57.3 Å². The van der Waals surface area contributed by atoms with E-state index < -0.39 is 0 Å². The monoisotopic (exact) mass is 463 g/mol. The number of nitrogens with zero attached hydrogens (tertiary/aromatic N) is 3. The number of aromatic nitrogens is 1. The zero-order valence-corrected chi connectivity index (χ0v) is 20.5. The number of hydrogen-bond acceptors (Lipinski definition) is 4. The molecule has 182 valence electrons. The van der Waals surface area contributed by atoms with Crippen LogP contribution < -0.4 is 21.1 Å². The lowest BCUT2D eigenvalue weighted by Gasteiger charge is -2.33. The molecule has 2 N–H and O–H groups in total. The Morgan fingerprint density at radius 2 is 1.74 bits per heavy atom. The molecule has 3 saturated heterocycles. The molecule has 5 rings (SSSR count). The third-order valence-electron chi connectivity index (χ3n) is 8.41. The molecule has 7 heteroatoms. The molecule has 1 atom stereocenters. The Morgan fingerprint density at radius 1 is 0.971 bits per heavy atom. The summed E-state index contributed by atoms with van der Waals surface area (Å²) in [7, 11) is 0. The Labute approximate surface area is 202 Å². The summed E-state index contributed by atoms with van der Waals surface area (Å²) in [6, 6.07) is 14.7. The Kier molecular flexibility index (Phi) is 6.15. The molecule has 3 aliphatic heterocycles. The van der Waals surface area contributed by atoms with Crippen LogP contribution in [0.3, 0.4) is 0 Å². The SMILES string of the molecule is CCC1(c2ccccc2)CCN(c2cc(C)n(CCN3CC4(CCNCC4)NC3=O)c(=O)c2)C1. The molecule has 3 aliphatic rings. The van der Waals surface area contributed by atoms with Gasteiger partial charge < -0.3 is 25.0 Å². The molecule has 0 bridgehead atoms. The van der Waals surface area contributed by atoms with Crippen molar-refractivity contribution in [3.8, 4) is 0 Å². The zero-order chi connectivity index (χ0) is 23.8. The minimum atomic E-state index is -0.105. The van der Waals surface area contributed by atoms with Crippen LogP contribution >= 0.6 is 0 Å². The number of nitrogens with one attached hydrogen (secondary N) is 2. The van der Waals surface area contributed by atoms with Gasteiger partial charge in [-0.25, -0.2) is 4.79 Å². The number of rotatable bonds is 6. The Balaban J connectivity index is 1.27. The van der Waals surface area contributed by atoms with Gasteiger partial charge in [0.05, 0.1) is 5.54 Å². The highest BCUT2D eigenvalue weighted by atomic mass is 16.2. The van der Waals surface area contributed by atoms with Gasteiger partial charge in [-0.15, -0.1) is 0 Å². The van der Waals surface area contributed by atoms with Crippen molar-refractivity contribution in [2.75, 3.05) is 44.2 Å². The van der Waals surface area contributed by atoms with E-state index in [4.69, 9.17) is 0 Å². The molecule has 1 unspecified atom stereocenters. The van der Waals surface area contributed by atoms with E-state index in [2.05, 4.69) is 58.9 Å². The Hall–Kier alpha value is -2.80.